The second-order valence-electron chi connectivity index (χ2n) is 5.23. The van der Waals surface area contributed by atoms with E-state index in [1.54, 1.807) is 23.5 Å². The first-order valence-corrected chi connectivity index (χ1v) is 8.05. The normalized spacial score (nSPS) is 11.7. The van der Waals surface area contributed by atoms with Crippen molar-refractivity contribution in [3.05, 3.63) is 51.7 Å². The van der Waals surface area contributed by atoms with Crippen molar-refractivity contribution in [2.24, 2.45) is 0 Å². The first kappa shape index (κ1) is 17.0. The molecule has 0 fully saturated rings. The molecule has 0 spiro atoms. The summed E-state index contributed by atoms with van der Waals surface area (Å²) in [6.45, 7) is 3.55. The standard InChI is InChI=1S/C17H19NO4S/c1-11-3-8-15(23-11)9-16(19)18-12(2)13-4-6-14(7-5-13)22-10-17(20)21/h3-8,12H,9-10H2,1-2H3,(H,18,19)(H,20,21). The Labute approximate surface area is 138 Å². The maximum atomic E-state index is 12.1. The van der Waals surface area contributed by atoms with E-state index in [2.05, 4.69) is 5.32 Å². The summed E-state index contributed by atoms with van der Waals surface area (Å²) in [5.41, 5.74) is 0.934. The molecule has 1 atom stereocenters. The molecule has 2 aromatic rings. The lowest BCUT2D eigenvalue weighted by atomic mass is 10.1. The van der Waals surface area contributed by atoms with Gasteiger partial charge in [-0.2, -0.15) is 0 Å². The van der Waals surface area contributed by atoms with Gasteiger partial charge in [0, 0.05) is 9.75 Å². The van der Waals surface area contributed by atoms with Crippen LogP contribution < -0.4 is 10.1 Å². The molecular weight excluding hydrogens is 314 g/mol. The highest BCUT2D eigenvalue weighted by molar-refractivity contribution is 7.12. The van der Waals surface area contributed by atoms with Crippen molar-refractivity contribution in [2.45, 2.75) is 26.3 Å². The molecule has 6 heteroatoms. The summed E-state index contributed by atoms with van der Waals surface area (Å²) in [5, 5.41) is 11.5. The number of benzene rings is 1. The van der Waals surface area contributed by atoms with Crippen LogP contribution in [-0.4, -0.2) is 23.6 Å². The zero-order valence-electron chi connectivity index (χ0n) is 13.0. The van der Waals surface area contributed by atoms with Gasteiger partial charge in [-0.15, -0.1) is 11.3 Å². The monoisotopic (exact) mass is 333 g/mol. The molecule has 1 aromatic heterocycles. The van der Waals surface area contributed by atoms with Crippen molar-refractivity contribution in [1.82, 2.24) is 5.32 Å². The second-order valence-corrected chi connectivity index (χ2v) is 6.60. The highest BCUT2D eigenvalue weighted by Crippen LogP contribution is 2.19. The number of amides is 1. The van der Waals surface area contributed by atoms with Gasteiger partial charge in [0.2, 0.25) is 5.91 Å². The zero-order valence-corrected chi connectivity index (χ0v) is 13.9. The number of carboxylic acid groups (broad SMARTS) is 1. The lowest BCUT2D eigenvalue weighted by Crippen LogP contribution is -2.27. The number of hydrogen-bond acceptors (Lipinski definition) is 4. The summed E-state index contributed by atoms with van der Waals surface area (Å²) in [6.07, 6.45) is 0.378. The van der Waals surface area contributed by atoms with Crippen LogP contribution >= 0.6 is 11.3 Å². The first-order valence-electron chi connectivity index (χ1n) is 7.23. The fourth-order valence-corrected chi connectivity index (χ4v) is 3.00. The van der Waals surface area contributed by atoms with Crippen LogP contribution in [0.2, 0.25) is 0 Å². The van der Waals surface area contributed by atoms with E-state index in [0.717, 1.165) is 10.4 Å². The van der Waals surface area contributed by atoms with E-state index in [0.29, 0.717) is 12.2 Å². The van der Waals surface area contributed by atoms with Crippen LogP contribution in [0.3, 0.4) is 0 Å². The van der Waals surface area contributed by atoms with E-state index >= 15 is 0 Å². The Kier molecular flexibility index (Phi) is 5.76. The third kappa shape index (κ3) is 5.41. The lowest BCUT2D eigenvalue weighted by molar-refractivity contribution is -0.139. The Morgan fingerprint density at radius 2 is 1.91 bits per heavy atom. The van der Waals surface area contributed by atoms with Crippen LogP contribution in [0.5, 0.6) is 5.75 Å². The largest absolute Gasteiger partial charge is 0.482 e. The summed E-state index contributed by atoms with van der Waals surface area (Å²) in [4.78, 5) is 24.7. The van der Waals surface area contributed by atoms with Gasteiger partial charge >= 0.3 is 5.97 Å². The van der Waals surface area contributed by atoms with Crippen molar-refractivity contribution in [3.8, 4) is 5.75 Å². The smallest absolute Gasteiger partial charge is 0.341 e. The van der Waals surface area contributed by atoms with Gasteiger partial charge in [-0.05, 0) is 43.7 Å². The molecular formula is C17H19NO4S. The summed E-state index contributed by atoms with van der Waals surface area (Å²) >= 11 is 1.62. The van der Waals surface area contributed by atoms with Crippen molar-refractivity contribution >= 4 is 23.2 Å². The van der Waals surface area contributed by atoms with E-state index in [4.69, 9.17) is 9.84 Å². The zero-order chi connectivity index (χ0) is 16.8. The SMILES string of the molecule is Cc1ccc(CC(=O)NC(C)c2ccc(OCC(=O)O)cc2)s1. The molecule has 2 rings (SSSR count). The van der Waals surface area contributed by atoms with Gasteiger partial charge in [0.25, 0.3) is 0 Å². The van der Waals surface area contributed by atoms with Crippen molar-refractivity contribution in [1.29, 1.82) is 0 Å². The van der Waals surface area contributed by atoms with Crippen LogP contribution in [0.15, 0.2) is 36.4 Å². The molecule has 122 valence electrons. The van der Waals surface area contributed by atoms with Crippen LogP contribution in [0.4, 0.5) is 0 Å². The Morgan fingerprint density at radius 3 is 2.48 bits per heavy atom. The topological polar surface area (TPSA) is 75.6 Å². The predicted octanol–water partition coefficient (Wildman–Crippen LogP) is 2.94. The molecule has 1 heterocycles. The Hall–Kier alpha value is -2.34. The average molecular weight is 333 g/mol. The molecule has 0 saturated carbocycles. The summed E-state index contributed by atoms with van der Waals surface area (Å²) < 4.78 is 5.08. The Balaban J connectivity index is 1.88. The molecule has 0 radical (unpaired) electrons. The van der Waals surface area contributed by atoms with Crippen molar-refractivity contribution < 1.29 is 19.4 Å². The van der Waals surface area contributed by atoms with Gasteiger partial charge in [0.05, 0.1) is 12.5 Å². The number of hydrogen-bond donors (Lipinski definition) is 2. The average Bonchev–Trinajstić information content (AvgIpc) is 2.90. The van der Waals surface area contributed by atoms with Gasteiger partial charge in [-0.3, -0.25) is 4.79 Å². The minimum Gasteiger partial charge on any atom is -0.482 e. The highest BCUT2D eigenvalue weighted by Gasteiger charge is 2.11. The second kappa shape index (κ2) is 7.78. The first-order chi connectivity index (χ1) is 10.9. The maximum Gasteiger partial charge on any atom is 0.341 e. The van der Waals surface area contributed by atoms with Gasteiger partial charge in [0.15, 0.2) is 6.61 Å². The summed E-state index contributed by atoms with van der Waals surface area (Å²) in [6, 6.07) is 10.9. The van der Waals surface area contributed by atoms with Crippen LogP contribution in [0, 0.1) is 6.92 Å². The molecule has 0 saturated heterocycles. The third-order valence-corrected chi connectivity index (χ3v) is 4.25. The molecule has 1 aromatic carbocycles. The summed E-state index contributed by atoms with van der Waals surface area (Å²) in [5.74, 6) is -0.548. The van der Waals surface area contributed by atoms with Gasteiger partial charge < -0.3 is 15.2 Å². The fraction of sp³-hybridized carbons (Fsp3) is 0.294. The third-order valence-electron chi connectivity index (χ3n) is 3.25. The number of aryl methyl sites for hydroxylation is 1. The Morgan fingerprint density at radius 1 is 1.22 bits per heavy atom. The Bertz CT molecular complexity index is 678. The van der Waals surface area contributed by atoms with E-state index in [-0.39, 0.29) is 18.6 Å². The lowest BCUT2D eigenvalue weighted by Gasteiger charge is -2.14. The number of carboxylic acids is 1. The molecule has 1 amide bonds. The quantitative estimate of drug-likeness (QED) is 0.817. The fourth-order valence-electron chi connectivity index (χ4n) is 2.11. The molecule has 5 nitrogen and oxygen atoms in total. The van der Waals surface area contributed by atoms with E-state index in [1.165, 1.54) is 4.88 Å². The number of carbonyl (C=O) groups excluding carboxylic acids is 1. The van der Waals surface area contributed by atoms with Crippen molar-refractivity contribution in [3.63, 3.8) is 0 Å². The number of thiophene rings is 1. The number of ether oxygens (including phenoxy) is 1. The number of rotatable bonds is 7. The van der Waals surface area contributed by atoms with Crippen LogP contribution in [0.1, 0.15) is 28.3 Å². The molecule has 0 aliphatic heterocycles. The highest BCUT2D eigenvalue weighted by atomic mass is 32.1. The van der Waals surface area contributed by atoms with Gasteiger partial charge in [0.1, 0.15) is 5.75 Å². The number of carbonyl (C=O) groups is 2. The molecule has 23 heavy (non-hydrogen) atoms. The number of nitrogens with one attached hydrogen (secondary N) is 1. The minimum absolute atomic E-state index is 0.0226. The number of aliphatic carboxylic acids is 1. The predicted molar refractivity (Wildman–Crippen MR) is 88.9 cm³/mol. The van der Waals surface area contributed by atoms with Crippen LogP contribution in [0.25, 0.3) is 0 Å². The minimum atomic E-state index is -1.02. The van der Waals surface area contributed by atoms with Crippen molar-refractivity contribution in [2.75, 3.05) is 6.61 Å². The molecule has 2 N–H and O–H groups in total. The van der Waals surface area contributed by atoms with E-state index in [9.17, 15) is 9.59 Å². The van der Waals surface area contributed by atoms with Gasteiger partial charge in [-0.1, -0.05) is 12.1 Å². The molecule has 1 unspecified atom stereocenters. The molecule has 0 bridgehead atoms. The van der Waals surface area contributed by atoms with E-state index in [1.807, 2.05) is 38.1 Å². The van der Waals surface area contributed by atoms with Gasteiger partial charge in [-0.25, -0.2) is 4.79 Å². The maximum absolute atomic E-state index is 12.1. The van der Waals surface area contributed by atoms with Crippen LogP contribution in [-0.2, 0) is 16.0 Å². The van der Waals surface area contributed by atoms with E-state index < -0.39 is 5.97 Å². The molecule has 0 aliphatic carbocycles. The molecule has 0 aliphatic rings. The summed E-state index contributed by atoms with van der Waals surface area (Å²) in [7, 11) is 0.